The number of hydrogen-bond donors (Lipinski definition) is 3. The second-order valence-electron chi connectivity index (χ2n) is 7.36. The van der Waals surface area contributed by atoms with E-state index in [0.29, 0.717) is 24.6 Å². The first kappa shape index (κ1) is 18.9. The molecule has 0 unspecified atom stereocenters. The first-order valence-corrected chi connectivity index (χ1v) is 9.40. The highest BCUT2D eigenvalue weighted by molar-refractivity contribution is 5.96. The van der Waals surface area contributed by atoms with Gasteiger partial charge >= 0.3 is 6.03 Å². The molecule has 1 fully saturated rings. The molecule has 1 saturated heterocycles. The van der Waals surface area contributed by atoms with Gasteiger partial charge in [0.15, 0.2) is 0 Å². The van der Waals surface area contributed by atoms with E-state index in [1.807, 2.05) is 31.7 Å². The van der Waals surface area contributed by atoms with Gasteiger partial charge in [-0.25, -0.2) is 4.79 Å². The number of H-pyrrole nitrogens is 1. The summed E-state index contributed by atoms with van der Waals surface area (Å²) in [6.07, 6.45) is 3.61. The van der Waals surface area contributed by atoms with Gasteiger partial charge in [0.25, 0.3) is 5.91 Å². The number of aromatic nitrogens is 2. The molecule has 144 valence electrons. The Hall–Kier alpha value is -2.83. The molecule has 1 aromatic heterocycles. The number of piperidine rings is 1. The monoisotopic (exact) mass is 369 g/mol. The average molecular weight is 369 g/mol. The van der Waals surface area contributed by atoms with E-state index in [2.05, 4.69) is 20.8 Å². The molecule has 2 aromatic rings. The van der Waals surface area contributed by atoms with Gasteiger partial charge in [-0.05, 0) is 63.4 Å². The summed E-state index contributed by atoms with van der Waals surface area (Å²) in [5.41, 5.74) is 3.34. The molecule has 0 atom stereocenters. The van der Waals surface area contributed by atoms with Crippen molar-refractivity contribution in [2.45, 2.75) is 45.6 Å². The number of aromatic amines is 1. The maximum Gasteiger partial charge on any atom is 0.321 e. The number of anilines is 1. The highest BCUT2D eigenvalue weighted by Gasteiger charge is 2.24. The van der Waals surface area contributed by atoms with Gasteiger partial charge in [-0.2, -0.15) is 5.10 Å². The number of urea groups is 1. The van der Waals surface area contributed by atoms with E-state index in [0.717, 1.165) is 29.8 Å². The maximum atomic E-state index is 12.6. The van der Waals surface area contributed by atoms with Crippen molar-refractivity contribution in [2.75, 3.05) is 18.4 Å². The predicted molar refractivity (Wildman–Crippen MR) is 105 cm³/mol. The number of aryl methyl sites for hydroxylation is 1. The molecular formula is C20H27N5O2. The summed E-state index contributed by atoms with van der Waals surface area (Å²) in [4.78, 5) is 26.5. The molecule has 0 bridgehead atoms. The number of likely N-dealkylation sites (tertiary alicyclic amines) is 1. The second kappa shape index (κ2) is 8.24. The van der Waals surface area contributed by atoms with E-state index in [9.17, 15) is 9.59 Å². The van der Waals surface area contributed by atoms with E-state index >= 15 is 0 Å². The lowest BCUT2D eigenvalue weighted by Gasteiger charge is -2.31. The zero-order valence-electron chi connectivity index (χ0n) is 16.1. The topological polar surface area (TPSA) is 90.1 Å². The molecule has 3 N–H and O–H groups in total. The number of hydrogen-bond acceptors (Lipinski definition) is 3. The largest absolute Gasteiger partial charge is 0.350 e. The van der Waals surface area contributed by atoms with Crippen LogP contribution in [0.4, 0.5) is 10.5 Å². The Morgan fingerprint density at radius 1 is 1.22 bits per heavy atom. The number of carbonyl (C=O) groups is 2. The van der Waals surface area contributed by atoms with Gasteiger partial charge in [-0.1, -0.05) is 0 Å². The number of nitrogens with one attached hydrogen (secondary N) is 3. The van der Waals surface area contributed by atoms with Crippen LogP contribution in [-0.2, 0) is 0 Å². The zero-order valence-corrected chi connectivity index (χ0v) is 16.1. The molecule has 7 heteroatoms. The van der Waals surface area contributed by atoms with Gasteiger partial charge in [0.2, 0.25) is 0 Å². The lowest BCUT2D eigenvalue weighted by atomic mass is 9.94. The Kier molecular flexibility index (Phi) is 5.78. The van der Waals surface area contributed by atoms with Crippen LogP contribution in [0.3, 0.4) is 0 Å². The molecule has 0 spiro atoms. The number of benzene rings is 1. The third kappa shape index (κ3) is 4.67. The van der Waals surface area contributed by atoms with Gasteiger partial charge < -0.3 is 15.5 Å². The summed E-state index contributed by atoms with van der Waals surface area (Å²) >= 11 is 0. The minimum Gasteiger partial charge on any atom is -0.350 e. The number of rotatable bonds is 4. The van der Waals surface area contributed by atoms with Crippen molar-refractivity contribution < 1.29 is 9.59 Å². The highest BCUT2D eigenvalue weighted by atomic mass is 16.2. The maximum absolute atomic E-state index is 12.6. The average Bonchev–Trinajstić information content (AvgIpc) is 3.17. The smallest absolute Gasteiger partial charge is 0.321 e. The van der Waals surface area contributed by atoms with Crippen molar-refractivity contribution >= 4 is 17.6 Å². The summed E-state index contributed by atoms with van der Waals surface area (Å²) in [5.74, 6) is 0.323. The predicted octanol–water partition coefficient (Wildman–Crippen LogP) is 3.27. The van der Waals surface area contributed by atoms with Crippen LogP contribution in [0.25, 0.3) is 0 Å². The molecule has 1 aliphatic rings. The van der Waals surface area contributed by atoms with Gasteiger partial charge in [-0.15, -0.1) is 0 Å². The Bertz CT molecular complexity index is 793. The summed E-state index contributed by atoms with van der Waals surface area (Å²) in [5, 5.41) is 12.9. The lowest BCUT2D eigenvalue weighted by Crippen LogP contribution is -2.40. The Labute approximate surface area is 159 Å². The van der Waals surface area contributed by atoms with Crippen molar-refractivity contribution in [1.29, 1.82) is 0 Å². The highest BCUT2D eigenvalue weighted by Crippen LogP contribution is 2.27. The molecule has 27 heavy (non-hydrogen) atoms. The van der Waals surface area contributed by atoms with Crippen molar-refractivity contribution in [3.63, 3.8) is 0 Å². The van der Waals surface area contributed by atoms with Crippen LogP contribution >= 0.6 is 0 Å². The zero-order chi connectivity index (χ0) is 19.4. The molecule has 1 aromatic carbocycles. The number of amides is 3. The quantitative estimate of drug-likeness (QED) is 0.772. The normalized spacial score (nSPS) is 15.0. The Balaban J connectivity index is 1.57. The van der Waals surface area contributed by atoms with Crippen LogP contribution < -0.4 is 10.6 Å². The van der Waals surface area contributed by atoms with Crippen LogP contribution in [0.5, 0.6) is 0 Å². The fourth-order valence-electron chi connectivity index (χ4n) is 3.37. The molecule has 3 amide bonds. The van der Waals surface area contributed by atoms with E-state index < -0.39 is 0 Å². The standard InChI is InChI=1S/C20H27N5O2/c1-13(2)22-19(26)16-4-5-17(14(3)12-16)23-20(27)25-10-7-15(8-11-25)18-6-9-21-24-18/h4-6,9,12-13,15H,7-8,10-11H2,1-3H3,(H,21,24)(H,22,26)(H,23,27). The van der Waals surface area contributed by atoms with Crippen molar-refractivity contribution in [3.05, 3.63) is 47.3 Å². The summed E-state index contributed by atoms with van der Waals surface area (Å²) in [6, 6.07) is 7.32. The Morgan fingerprint density at radius 2 is 1.96 bits per heavy atom. The van der Waals surface area contributed by atoms with Crippen LogP contribution in [0.15, 0.2) is 30.5 Å². The first-order valence-electron chi connectivity index (χ1n) is 9.40. The summed E-state index contributed by atoms with van der Waals surface area (Å²) in [7, 11) is 0. The van der Waals surface area contributed by atoms with Gasteiger partial charge in [0, 0.05) is 48.2 Å². The third-order valence-corrected chi connectivity index (χ3v) is 4.89. The van der Waals surface area contributed by atoms with Gasteiger partial charge in [0.1, 0.15) is 0 Å². The van der Waals surface area contributed by atoms with Gasteiger partial charge in [0.05, 0.1) is 0 Å². The second-order valence-corrected chi connectivity index (χ2v) is 7.36. The van der Waals surface area contributed by atoms with Crippen molar-refractivity contribution in [1.82, 2.24) is 20.4 Å². The van der Waals surface area contributed by atoms with Crippen molar-refractivity contribution in [3.8, 4) is 0 Å². The van der Waals surface area contributed by atoms with E-state index in [1.54, 1.807) is 24.4 Å². The van der Waals surface area contributed by atoms with E-state index in [4.69, 9.17) is 0 Å². The molecule has 0 saturated carbocycles. The van der Waals surface area contributed by atoms with Crippen molar-refractivity contribution in [2.24, 2.45) is 0 Å². The molecular weight excluding hydrogens is 342 g/mol. The summed E-state index contributed by atoms with van der Waals surface area (Å²) < 4.78 is 0. The fourth-order valence-corrected chi connectivity index (χ4v) is 3.37. The van der Waals surface area contributed by atoms with E-state index in [1.165, 1.54) is 0 Å². The summed E-state index contributed by atoms with van der Waals surface area (Å²) in [6.45, 7) is 7.17. The number of nitrogens with zero attached hydrogens (tertiary/aromatic N) is 2. The molecule has 0 aliphatic carbocycles. The van der Waals surface area contributed by atoms with Crippen LogP contribution in [0.1, 0.15) is 54.2 Å². The Morgan fingerprint density at radius 3 is 2.56 bits per heavy atom. The minimum absolute atomic E-state index is 0.0851. The van der Waals surface area contributed by atoms with Crippen LogP contribution in [0, 0.1) is 6.92 Å². The van der Waals surface area contributed by atoms with Crippen LogP contribution in [-0.4, -0.2) is 46.2 Å². The van der Waals surface area contributed by atoms with E-state index in [-0.39, 0.29) is 18.0 Å². The molecule has 0 radical (unpaired) electrons. The molecule has 7 nitrogen and oxygen atoms in total. The third-order valence-electron chi connectivity index (χ3n) is 4.89. The minimum atomic E-state index is -0.105. The SMILES string of the molecule is Cc1cc(C(=O)NC(C)C)ccc1NC(=O)N1CCC(c2ccn[nH]2)CC1. The van der Waals surface area contributed by atoms with Gasteiger partial charge in [-0.3, -0.25) is 9.89 Å². The fraction of sp³-hybridized carbons (Fsp3) is 0.450. The first-order chi connectivity index (χ1) is 12.9. The lowest BCUT2D eigenvalue weighted by molar-refractivity contribution is 0.0943. The number of carbonyl (C=O) groups excluding carboxylic acids is 2. The molecule has 3 rings (SSSR count). The van der Waals surface area contributed by atoms with Crippen LogP contribution in [0.2, 0.25) is 0 Å². The molecule has 1 aliphatic heterocycles. The molecule has 2 heterocycles.